The third-order valence-electron chi connectivity index (χ3n) is 4.30. The molecule has 0 spiro atoms. The molecule has 0 saturated carbocycles. The number of hydroxylamine groups is 2. The molecule has 1 aliphatic rings. The van der Waals surface area contributed by atoms with E-state index in [4.69, 9.17) is 19.4 Å². The average Bonchev–Trinajstić information content (AvgIpc) is 2.72. The molecule has 3 rings (SSSR count). The molecule has 28 heavy (non-hydrogen) atoms. The monoisotopic (exact) mass is 450 g/mol. The van der Waals surface area contributed by atoms with Gasteiger partial charge in [0.2, 0.25) is 0 Å². The fourth-order valence-electron chi connectivity index (χ4n) is 2.95. The topological polar surface area (TPSA) is 98.2 Å². The first-order valence-corrected chi connectivity index (χ1v) is 9.36. The van der Waals surface area contributed by atoms with E-state index in [9.17, 15) is 9.59 Å². The Balaban J connectivity index is 1.76. The fourth-order valence-corrected chi connectivity index (χ4v) is 3.56. The minimum atomic E-state index is -1.10. The molecule has 1 atom stereocenters. The molecule has 1 saturated heterocycles. The van der Waals surface area contributed by atoms with Gasteiger partial charge < -0.3 is 14.6 Å². The molecule has 1 unspecified atom stereocenters. The summed E-state index contributed by atoms with van der Waals surface area (Å²) in [5.41, 5.74) is 0.468. The van der Waals surface area contributed by atoms with Crippen LogP contribution >= 0.6 is 15.9 Å². The molecule has 1 fully saturated rings. The third-order valence-corrected chi connectivity index (χ3v) is 4.93. The molecule has 0 aliphatic carbocycles. The van der Waals surface area contributed by atoms with Gasteiger partial charge in [0.1, 0.15) is 18.8 Å². The number of amides is 1. The number of rotatable bonds is 6. The highest BCUT2D eigenvalue weighted by molar-refractivity contribution is 9.10. The summed E-state index contributed by atoms with van der Waals surface area (Å²) in [6.07, 6.45) is 2.87. The van der Waals surface area contributed by atoms with E-state index in [1.165, 1.54) is 0 Å². The van der Waals surface area contributed by atoms with E-state index in [0.29, 0.717) is 16.5 Å². The van der Waals surface area contributed by atoms with E-state index in [1.54, 1.807) is 18.5 Å². The second-order valence-corrected chi connectivity index (χ2v) is 7.05. The molecule has 8 nitrogen and oxygen atoms in total. The SMILES string of the molecule is O=C(O)COC1(c2ccncc2Br)CCON(C(=O)OCc2ccccc2)C1. The third kappa shape index (κ3) is 4.86. The first-order valence-electron chi connectivity index (χ1n) is 8.57. The molecule has 2 aromatic rings. The molecule has 2 heterocycles. The zero-order chi connectivity index (χ0) is 20.0. The summed E-state index contributed by atoms with van der Waals surface area (Å²) >= 11 is 3.43. The van der Waals surface area contributed by atoms with Crippen LogP contribution in [0, 0.1) is 0 Å². The van der Waals surface area contributed by atoms with E-state index in [-0.39, 0.29) is 19.8 Å². The van der Waals surface area contributed by atoms with Gasteiger partial charge in [-0.25, -0.2) is 9.59 Å². The summed E-state index contributed by atoms with van der Waals surface area (Å²) in [5, 5.41) is 10.1. The van der Waals surface area contributed by atoms with Crippen LogP contribution in [0.3, 0.4) is 0 Å². The predicted molar refractivity (Wildman–Crippen MR) is 101 cm³/mol. The van der Waals surface area contributed by atoms with Crippen LogP contribution in [0.1, 0.15) is 17.5 Å². The summed E-state index contributed by atoms with van der Waals surface area (Å²) < 4.78 is 11.7. The van der Waals surface area contributed by atoms with Gasteiger partial charge in [-0.3, -0.25) is 9.82 Å². The molecule has 1 aromatic heterocycles. The van der Waals surface area contributed by atoms with Crippen molar-refractivity contribution in [2.45, 2.75) is 18.6 Å². The lowest BCUT2D eigenvalue weighted by molar-refractivity contribution is -0.230. The number of aliphatic carboxylic acids is 1. The second kappa shape index (κ2) is 9.13. The molecule has 1 aromatic carbocycles. The average molecular weight is 451 g/mol. The van der Waals surface area contributed by atoms with E-state index in [2.05, 4.69) is 20.9 Å². The highest BCUT2D eigenvalue weighted by Crippen LogP contribution is 2.38. The number of halogens is 1. The number of carbonyl (C=O) groups is 2. The molecular formula is C19H19BrN2O6. The van der Waals surface area contributed by atoms with Crippen molar-refractivity contribution in [2.24, 2.45) is 0 Å². The quantitative estimate of drug-likeness (QED) is 0.721. The highest BCUT2D eigenvalue weighted by Gasteiger charge is 2.43. The smallest absolute Gasteiger partial charge is 0.434 e. The summed E-state index contributed by atoms with van der Waals surface area (Å²) in [7, 11) is 0. The fraction of sp³-hybridized carbons (Fsp3) is 0.316. The first-order chi connectivity index (χ1) is 13.5. The van der Waals surface area contributed by atoms with Crippen molar-refractivity contribution in [3.63, 3.8) is 0 Å². The number of aromatic nitrogens is 1. The summed E-state index contributed by atoms with van der Waals surface area (Å²) in [5.74, 6) is -1.10. The maximum atomic E-state index is 12.5. The lowest BCUT2D eigenvalue weighted by atomic mass is 9.90. The number of carbonyl (C=O) groups excluding carboxylic acids is 1. The van der Waals surface area contributed by atoms with Gasteiger partial charge in [0.15, 0.2) is 0 Å². The Morgan fingerprint density at radius 3 is 2.79 bits per heavy atom. The molecule has 1 aliphatic heterocycles. The van der Waals surface area contributed by atoms with Crippen molar-refractivity contribution in [3.8, 4) is 0 Å². The summed E-state index contributed by atoms with van der Waals surface area (Å²) in [4.78, 5) is 33.1. The highest BCUT2D eigenvalue weighted by atomic mass is 79.9. The predicted octanol–water partition coefficient (Wildman–Crippen LogP) is 3.11. The Labute approximate surface area is 170 Å². The standard InChI is InChI=1S/C19H19BrN2O6/c20-16-10-21-8-6-15(16)19(27-12-17(23)24)7-9-28-22(13-19)18(25)26-11-14-4-2-1-3-5-14/h1-6,8,10H,7,9,11-13H2,(H,23,24). The number of nitrogens with zero attached hydrogens (tertiary/aromatic N) is 2. The van der Waals surface area contributed by atoms with E-state index < -0.39 is 24.3 Å². The Kier molecular flexibility index (Phi) is 6.61. The molecule has 0 radical (unpaired) electrons. The van der Waals surface area contributed by atoms with Crippen LogP contribution < -0.4 is 0 Å². The van der Waals surface area contributed by atoms with Crippen molar-refractivity contribution in [1.82, 2.24) is 10.0 Å². The van der Waals surface area contributed by atoms with Crippen molar-refractivity contribution >= 4 is 28.0 Å². The number of ether oxygens (including phenoxy) is 2. The Morgan fingerprint density at radius 2 is 2.07 bits per heavy atom. The van der Waals surface area contributed by atoms with Crippen molar-refractivity contribution in [1.29, 1.82) is 0 Å². The molecule has 9 heteroatoms. The first kappa shape index (κ1) is 20.2. The van der Waals surface area contributed by atoms with Crippen molar-refractivity contribution < 1.29 is 29.0 Å². The van der Waals surface area contributed by atoms with Crippen LogP contribution in [0.25, 0.3) is 0 Å². The number of carboxylic acids is 1. The minimum Gasteiger partial charge on any atom is -0.480 e. The number of carboxylic acid groups (broad SMARTS) is 1. The summed E-state index contributed by atoms with van der Waals surface area (Å²) in [6.45, 7) is -0.269. The van der Waals surface area contributed by atoms with Crippen LogP contribution in [0.5, 0.6) is 0 Å². The Morgan fingerprint density at radius 1 is 1.29 bits per heavy atom. The number of pyridine rings is 1. The van der Waals surface area contributed by atoms with E-state index in [1.807, 2.05) is 30.3 Å². The zero-order valence-corrected chi connectivity index (χ0v) is 16.5. The minimum absolute atomic E-state index is 0.0173. The zero-order valence-electron chi connectivity index (χ0n) is 14.9. The molecule has 0 bridgehead atoms. The molecule has 1 N–H and O–H groups in total. The molecule has 1 amide bonds. The van der Waals surface area contributed by atoms with Crippen LogP contribution in [0.4, 0.5) is 4.79 Å². The van der Waals surface area contributed by atoms with E-state index >= 15 is 0 Å². The van der Waals surface area contributed by atoms with Crippen LogP contribution in [-0.4, -0.2) is 47.0 Å². The van der Waals surface area contributed by atoms with Crippen LogP contribution in [-0.2, 0) is 31.3 Å². The van der Waals surface area contributed by atoms with Gasteiger partial charge in [-0.15, -0.1) is 0 Å². The maximum absolute atomic E-state index is 12.5. The Bertz CT molecular complexity index is 834. The van der Waals surface area contributed by atoms with Gasteiger partial charge in [0, 0.05) is 28.9 Å². The maximum Gasteiger partial charge on any atom is 0.434 e. The van der Waals surface area contributed by atoms with Crippen molar-refractivity contribution in [2.75, 3.05) is 19.8 Å². The second-order valence-electron chi connectivity index (χ2n) is 6.19. The van der Waals surface area contributed by atoms with E-state index in [0.717, 1.165) is 10.6 Å². The lowest BCUT2D eigenvalue weighted by Crippen LogP contribution is -2.51. The van der Waals surface area contributed by atoms with Gasteiger partial charge in [0.25, 0.3) is 0 Å². The lowest BCUT2D eigenvalue weighted by Gasteiger charge is -2.41. The normalized spacial score (nSPS) is 19.2. The van der Waals surface area contributed by atoms with Gasteiger partial charge in [0.05, 0.1) is 13.2 Å². The van der Waals surface area contributed by atoms with Gasteiger partial charge in [-0.05, 0) is 27.6 Å². The van der Waals surface area contributed by atoms with Crippen LogP contribution in [0.2, 0.25) is 0 Å². The number of benzene rings is 1. The molecule has 148 valence electrons. The number of hydrogen-bond donors (Lipinski definition) is 1. The van der Waals surface area contributed by atoms with Gasteiger partial charge >= 0.3 is 12.1 Å². The van der Waals surface area contributed by atoms with Gasteiger partial charge in [-0.2, -0.15) is 5.06 Å². The van der Waals surface area contributed by atoms with Crippen LogP contribution in [0.15, 0.2) is 53.3 Å². The van der Waals surface area contributed by atoms with Gasteiger partial charge in [-0.1, -0.05) is 30.3 Å². The largest absolute Gasteiger partial charge is 0.480 e. The van der Waals surface area contributed by atoms with Crippen molar-refractivity contribution in [3.05, 3.63) is 64.4 Å². The summed E-state index contributed by atoms with van der Waals surface area (Å²) in [6, 6.07) is 11.0. The molecular weight excluding hydrogens is 432 g/mol. The Hall–Kier alpha value is -2.49. The number of hydrogen-bond acceptors (Lipinski definition) is 6.